The lowest BCUT2D eigenvalue weighted by atomic mass is 10.2. The Balaban J connectivity index is 3.23. The molecule has 0 aliphatic carbocycles. The van der Waals surface area contributed by atoms with Crippen LogP contribution in [0.4, 0.5) is 5.69 Å². The number of hydrogen-bond donors (Lipinski definition) is 1. The van der Waals surface area contributed by atoms with Gasteiger partial charge in [-0.15, -0.1) is 0 Å². The van der Waals surface area contributed by atoms with Crippen LogP contribution in [0.1, 0.15) is 19.4 Å². The summed E-state index contributed by atoms with van der Waals surface area (Å²) in [5.74, 6) is 0. The van der Waals surface area contributed by atoms with Gasteiger partial charge in [0.25, 0.3) is 5.56 Å². The Kier molecular flexibility index (Phi) is 2.70. The van der Waals surface area contributed by atoms with Crippen molar-refractivity contribution in [2.75, 3.05) is 5.73 Å². The predicted molar refractivity (Wildman–Crippen MR) is 50.1 cm³/mol. The Hall–Kier alpha value is -1.76. The van der Waals surface area contributed by atoms with Crippen molar-refractivity contribution in [1.29, 1.82) is 5.26 Å². The van der Waals surface area contributed by atoms with Crippen molar-refractivity contribution in [3.05, 3.63) is 28.7 Å². The first-order valence-electron chi connectivity index (χ1n) is 4.07. The molecule has 1 aromatic rings. The summed E-state index contributed by atoms with van der Waals surface area (Å²) in [6, 6.07) is 4.82. The number of nitrogens with zero attached hydrogens (tertiary/aromatic N) is 2. The lowest BCUT2D eigenvalue weighted by Gasteiger charge is -2.09. The minimum Gasteiger partial charge on any atom is -0.394 e. The molecular formula is C9H11N3O. The van der Waals surface area contributed by atoms with E-state index >= 15 is 0 Å². The van der Waals surface area contributed by atoms with E-state index in [1.165, 1.54) is 10.6 Å². The highest BCUT2D eigenvalue weighted by atomic mass is 16.1. The average molecular weight is 177 g/mol. The highest BCUT2D eigenvalue weighted by Crippen LogP contribution is 2.06. The lowest BCUT2D eigenvalue weighted by molar-refractivity contribution is 0.578. The van der Waals surface area contributed by atoms with Gasteiger partial charge in [0.05, 0.1) is 11.8 Å². The van der Waals surface area contributed by atoms with Crippen LogP contribution in [-0.4, -0.2) is 4.57 Å². The molecule has 0 radical (unpaired) electrons. The summed E-state index contributed by atoms with van der Waals surface area (Å²) < 4.78 is 1.36. The van der Waals surface area contributed by atoms with Crippen LogP contribution < -0.4 is 11.3 Å². The third-order valence-electron chi connectivity index (χ3n) is 1.88. The Morgan fingerprint density at radius 1 is 1.77 bits per heavy atom. The van der Waals surface area contributed by atoms with E-state index in [0.717, 1.165) is 0 Å². The summed E-state index contributed by atoms with van der Waals surface area (Å²) in [4.78, 5) is 11.4. The molecule has 0 fully saturated rings. The molecule has 4 nitrogen and oxygen atoms in total. The number of nitrogen functional groups attached to an aromatic ring is 1. The molecule has 0 saturated carbocycles. The van der Waals surface area contributed by atoms with Gasteiger partial charge in [-0.25, -0.2) is 0 Å². The molecule has 0 saturated heterocycles. The Morgan fingerprint density at radius 2 is 2.46 bits per heavy atom. The van der Waals surface area contributed by atoms with Crippen molar-refractivity contribution in [3.63, 3.8) is 0 Å². The van der Waals surface area contributed by atoms with Crippen molar-refractivity contribution in [2.24, 2.45) is 0 Å². The van der Waals surface area contributed by atoms with Gasteiger partial charge in [0.2, 0.25) is 0 Å². The minimum absolute atomic E-state index is 0.177. The fourth-order valence-corrected chi connectivity index (χ4v) is 1.12. The quantitative estimate of drug-likeness (QED) is 0.729. The summed E-state index contributed by atoms with van der Waals surface area (Å²) in [6.07, 6.45) is 2.18. The largest absolute Gasteiger partial charge is 0.394 e. The zero-order valence-electron chi connectivity index (χ0n) is 7.40. The molecule has 4 heteroatoms. The number of nitrogens with two attached hydrogens (primary N) is 1. The van der Waals surface area contributed by atoms with Crippen molar-refractivity contribution in [1.82, 2.24) is 4.57 Å². The van der Waals surface area contributed by atoms with Gasteiger partial charge in [-0.1, -0.05) is 6.92 Å². The van der Waals surface area contributed by atoms with Gasteiger partial charge < -0.3 is 5.73 Å². The molecule has 1 unspecified atom stereocenters. The predicted octanol–water partition coefficient (Wildman–Crippen LogP) is 0.905. The normalized spacial score (nSPS) is 12.0. The Labute approximate surface area is 76.2 Å². The zero-order chi connectivity index (χ0) is 9.84. The second-order valence-electron chi connectivity index (χ2n) is 2.73. The van der Waals surface area contributed by atoms with E-state index in [0.29, 0.717) is 6.42 Å². The van der Waals surface area contributed by atoms with Gasteiger partial charge in [-0.05, 0) is 18.6 Å². The number of nitriles is 1. The van der Waals surface area contributed by atoms with E-state index < -0.39 is 6.04 Å². The second kappa shape index (κ2) is 3.76. The molecule has 68 valence electrons. The van der Waals surface area contributed by atoms with Gasteiger partial charge in [-0.2, -0.15) is 5.26 Å². The summed E-state index contributed by atoms with van der Waals surface area (Å²) in [6.45, 7) is 1.85. The van der Waals surface area contributed by atoms with Crippen LogP contribution in [0.15, 0.2) is 23.1 Å². The first-order chi connectivity index (χ1) is 6.20. The smallest absolute Gasteiger partial charge is 0.274 e. The summed E-state index contributed by atoms with van der Waals surface area (Å²) in [5.41, 5.74) is 5.31. The van der Waals surface area contributed by atoms with E-state index in [4.69, 9.17) is 11.0 Å². The van der Waals surface area contributed by atoms with Crippen molar-refractivity contribution < 1.29 is 0 Å². The standard InChI is InChI=1S/C9H11N3O/c1-2-7(6-10)12-5-3-4-8(11)9(12)13/h3-5,7H,2,11H2,1H3. The van der Waals surface area contributed by atoms with Crippen LogP contribution in [0.5, 0.6) is 0 Å². The Morgan fingerprint density at radius 3 is 3.00 bits per heavy atom. The van der Waals surface area contributed by atoms with E-state index in [9.17, 15) is 4.79 Å². The van der Waals surface area contributed by atoms with Crippen LogP contribution in [0.3, 0.4) is 0 Å². The van der Waals surface area contributed by atoms with Gasteiger partial charge >= 0.3 is 0 Å². The lowest BCUT2D eigenvalue weighted by Crippen LogP contribution is -2.25. The molecule has 13 heavy (non-hydrogen) atoms. The molecule has 1 atom stereocenters. The summed E-state index contributed by atoms with van der Waals surface area (Å²) in [7, 11) is 0. The second-order valence-corrected chi connectivity index (χ2v) is 2.73. The maximum Gasteiger partial charge on any atom is 0.274 e. The molecule has 0 amide bonds. The highest BCUT2D eigenvalue weighted by molar-refractivity contribution is 5.34. The molecule has 1 rings (SSSR count). The number of rotatable bonds is 2. The maximum atomic E-state index is 11.4. The topological polar surface area (TPSA) is 71.8 Å². The third-order valence-corrected chi connectivity index (χ3v) is 1.88. The molecule has 0 aromatic carbocycles. The molecule has 2 N–H and O–H groups in total. The van der Waals surface area contributed by atoms with Crippen LogP contribution in [0, 0.1) is 11.3 Å². The number of pyridine rings is 1. The summed E-state index contributed by atoms with van der Waals surface area (Å²) >= 11 is 0. The average Bonchev–Trinajstić information content (AvgIpc) is 2.14. The number of aromatic nitrogens is 1. The molecule has 1 aromatic heterocycles. The van der Waals surface area contributed by atoms with Crippen LogP contribution in [0.25, 0.3) is 0 Å². The van der Waals surface area contributed by atoms with Gasteiger partial charge in [0.1, 0.15) is 6.04 Å². The van der Waals surface area contributed by atoms with Crippen LogP contribution in [0.2, 0.25) is 0 Å². The number of anilines is 1. The van der Waals surface area contributed by atoms with E-state index in [2.05, 4.69) is 0 Å². The van der Waals surface area contributed by atoms with Gasteiger partial charge in [-0.3, -0.25) is 9.36 Å². The van der Waals surface area contributed by atoms with E-state index in [-0.39, 0.29) is 11.2 Å². The van der Waals surface area contributed by atoms with E-state index in [1.807, 2.05) is 13.0 Å². The monoisotopic (exact) mass is 177 g/mol. The molecule has 0 bridgehead atoms. The first kappa shape index (κ1) is 9.33. The maximum absolute atomic E-state index is 11.4. The summed E-state index contributed by atoms with van der Waals surface area (Å²) in [5, 5.41) is 8.74. The first-order valence-corrected chi connectivity index (χ1v) is 4.07. The molecule has 1 heterocycles. The molecule has 0 aliphatic heterocycles. The van der Waals surface area contributed by atoms with Gasteiger partial charge in [0, 0.05) is 6.20 Å². The van der Waals surface area contributed by atoms with Crippen molar-refractivity contribution in [2.45, 2.75) is 19.4 Å². The van der Waals surface area contributed by atoms with Crippen molar-refractivity contribution in [3.8, 4) is 6.07 Å². The fraction of sp³-hybridized carbons (Fsp3) is 0.333. The Bertz CT molecular complexity index is 389. The van der Waals surface area contributed by atoms with Crippen LogP contribution in [-0.2, 0) is 0 Å². The highest BCUT2D eigenvalue weighted by Gasteiger charge is 2.08. The van der Waals surface area contributed by atoms with E-state index in [1.54, 1.807) is 12.3 Å². The third kappa shape index (κ3) is 1.70. The molecule has 0 spiro atoms. The fourth-order valence-electron chi connectivity index (χ4n) is 1.12. The van der Waals surface area contributed by atoms with Crippen molar-refractivity contribution >= 4 is 5.69 Å². The van der Waals surface area contributed by atoms with Gasteiger partial charge in [0.15, 0.2) is 0 Å². The molecular weight excluding hydrogens is 166 g/mol. The number of hydrogen-bond acceptors (Lipinski definition) is 3. The van der Waals surface area contributed by atoms with Crippen LogP contribution >= 0.6 is 0 Å². The SMILES string of the molecule is CCC(C#N)n1cccc(N)c1=O. The minimum atomic E-state index is -0.420. The zero-order valence-corrected chi connectivity index (χ0v) is 7.40. The molecule has 0 aliphatic rings.